The van der Waals surface area contributed by atoms with Crippen LogP contribution in [0.4, 0.5) is 10.8 Å². The van der Waals surface area contributed by atoms with Gasteiger partial charge in [0.2, 0.25) is 0 Å². The summed E-state index contributed by atoms with van der Waals surface area (Å²) in [7, 11) is -0.886. The maximum Gasteiger partial charge on any atom is 0.264 e. The molecule has 0 aliphatic carbocycles. The molecular formula is C28H28N4O4S2. The molecular weight excluding hydrogens is 520 g/mol. The van der Waals surface area contributed by atoms with E-state index in [4.69, 9.17) is 4.74 Å². The number of fused-ring (bicyclic) bond motifs is 1. The van der Waals surface area contributed by atoms with Gasteiger partial charge in [-0.2, -0.15) is 0 Å². The predicted molar refractivity (Wildman–Crippen MR) is 149 cm³/mol. The number of carbonyl (C=O) groups is 1. The summed E-state index contributed by atoms with van der Waals surface area (Å²) in [5.74, 6) is 0.114. The average molecular weight is 549 g/mol. The molecule has 1 aliphatic heterocycles. The number of benzene rings is 3. The molecule has 1 aromatic heterocycles. The van der Waals surface area contributed by atoms with Gasteiger partial charge >= 0.3 is 0 Å². The zero-order valence-corrected chi connectivity index (χ0v) is 22.8. The monoisotopic (exact) mass is 548 g/mol. The van der Waals surface area contributed by atoms with Gasteiger partial charge in [-0.25, -0.2) is 13.4 Å². The van der Waals surface area contributed by atoms with E-state index >= 15 is 0 Å². The maximum atomic E-state index is 13.2. The fraction of sp³-hybridized carbons (Fsp3) is 0.214. The maximum absolute atomic E-state index is 13.2. The SMILES string of the molecule is COc1ccccc1N(C)S(=O)(=O)c1ccc(C(=O)Nc2nc3c(s2)CN(Cc2ccccc2)CC3)cc1. The van der Waals surface area contributed by atoms with Crippen molar-refractivity contribution in [2.24, 2.45) is 0 Å². The number of ether oxygens (including phenoxy) is 1. The van der Waals surface area contributed by atoms with Crippen LogP contribution in [0.2, 0.25) is 0 Å². The third-order valence-corrected chi connectivity index (χ3v) is 9.26. The fourth-order valence-electron chi connectivity index (χ4n) is 4.40. The number of hydrogen-bond acceptors (Lipinski definition) is 7. The number of hydrogen-bond donors (Lipinski definition) is 1. The molecule has 4 aromatic rings. The number of nitrogens with zero attached hydrogens (tertiary/aromatic N) is 3. The Morgan fingerprint density at radius 3 is 2.50 bits per heavy atom. The number of sulfonamides is 1. The summed E-state index contributed by atoms with van der Waals surface area (Å²) in [5, 5.41) is 3.43. The lowest BCUT2D eigenvalue weighted by atomic mass is 10.1. The summed E-state index contributed by atoms with van der Waals surface area (Å²) in [6.07, 6.45) is 0.834. The first-order chi connectivity index (χ1) is 18.3. The zero-order valence-electron chi connectivity index (χ0n) is 21.1. The van der Waals surface area contributed by atoms with Crippen LogP contribution in [0.15, 0.2) is 83.8 Å². The van der Waals surface area contributed by atoms with Crippen molar-refractivity contribution in [3.8, 4) is 5.75 Å². The Labute approximate surface area is 226 Å². The normalized spacial score (nSPS) is 13.5. The van der Waals surface area contributed by atoms with Crippen molar-refractivity contribution >= 4 is 38.1 Å². The van der Waals surface area contributed by atoms with Crippen molar-refractivity contribution in [2.45, 2.75) is 24.4 Å². The topological polar surface area (TPSA) is 91.8 Å². The first-order valence-electron chi connectivity index (χ1n) is 12.1. The molecule has 10 heteroatoms. The van der Waals surface area contributed by atoms with Gasteiger partial charge < -0.3 is 4.74 Å². The molecule has 196 valence electrons. The average Bonchev–Trinajstić information content (AvgIpc) is 3.34. The molecule has 0 atom stereocenters. The highest BCUT2D eigenvalue weighted by Crippen LogP contribution is 2.32. The van der Waals surface area contributed by atoms with Crippen molar-refractivity contribution in [1.82, 2.24) is 9.88 Å². The summed E-state index contributed by atoms with van der Waals surface area (Å²) >= 11 is 1.49. The molecule has 0 saturated heterocycles. The highest BCUT2D eigenvalue weighted by atomic mass is 32.2. The van der Waals surface area contributed by atoms with Crippen molar-refractivity contribution in [2.75, 3.05) is 30.3 Å². The standard InChI is InChI=1S/C28H28N4O4S2/c1-31(24-10-6-7-11-25(24)36-2)38(34,35)22-14-12-21(13-15-22)27(33)30-28-29-23-16-17-32(19-26(23)37-28)18-20-8-4-3-5-9-20/h3-15H,16-19H2,1-2H3,(H,29,30,33). The van der Waals surface area contributed by atoms with Crippen LogP contribution in [0.1, 0.15) is 26.5 Å². The number of methoxy groups -OCH3 is 1. The lowest BCUT2D eigenvalue weighted by molar-refractivity contribution is 0.102. The molecule has 0 saturated carbocycles. The van der Waals surface area contributed by atoms with Crippen molar-refractivity contribution in [1.29, 1.82) is 0 Å². The molecule has 2 heterocycles. The van der Waals surface area contributed by atoms with E-state index in [2.05, 4.69) is 27.3 Å². The van der Waals surface area contributed by atoms with E-state index in [1.807, 2.05) is 18.2 Å². The minimum absolute atomic E-state index is 0.0747. The second-order valence-corrected chi connectivity index (χ2v) is 12.0. The Morgan fingerprint density at radius 1 is 1.05 bits per heavy atom. The van der Waals surface area contributed by atoms with Crippen LogP contribution in [0, 0.1) is 0 Å². The molecule has 0 radical (unpaired) electrons. The highest BCUT2D eigenvalue weighted by Gasteiger charge is 2.25. The summed E-state index contributed by atoms with van der Waals surface area (Å²) in [6, 6.07) is 23.1. The second kappa shape index (κ2) is 10.9. The van der Waals surface area contributed by atoms with Crippen LogP contribution in [0.25, 0.3) is 0 Å². The molecule has 1 N–H and O–H groups in total. The van der Waals surface area contributed by atoms with E-state index in [1.54, 1.807) is 24.3 Å². The minimum Gasteiger partial charge on any atom is -0.495 e. The lowest BCUT2D eigenvalue weighted by Crippen LogP contribution is -2.29. The molecule has 0 fully saturated rings. The van der Waals surface area contributed by atoms with Crippen LogP contribution in [0.5, 0.6) is 5.75 Å². The van der Waals surface area contributed by atoms with Gasteiger partial charge in [0, 0.05) is 43.5 Å². The Kier molecular flexibility index (Phi) is 7.46. The second-order valence-electron chi connectivity index (χ2n) is 8.96. The molecule has 1 aliphatic rings. The fourth-order valence-corrected chi connectivity index (χ4v) is 6.66. The summed E-state index contributed by atoms with van der Waals surface area (Å²) in [4.78, 5) is 21.1. The lowest BCUT2D eigenvalue weighted by Gasteiger charge is -2.25. The Hall–Kier alpha value is -3.73. The highest BCUT2D eigenvalue weighted by molar-refractivity contribution is 7.92. The van der Waals surface area contributed by atoms with E-state index in [1.165, 1.54) is 59.6 Å². The van der Waals surface area contributed by atoms with Crippen LogP contribution >= 0.6 is 11.3 Å². The molecule has 3 aromatic carbocycles. The van der Waals surface area contributed by atoms with Gasteiger partial charge in [0.05, 0.1) is 23.4 Å². The summed E-state index contributed by atoms with van der Waals surface area (Å²) in [5.41, 5.74) is 3.07. The Bertz CT molecular complexity index is 1540. The molecule has 8 nitrogen and oxygen atoms in total. The predicted octanol–water partition coefficient (Wildman–Crippen LogP) is 4.79. The molecule has 0 unspecified atom stereocenters. The third-order valence-electron chi connectivity index (χ3n) is 6.48. The van der Waals surface area contributed by atoms with Gasteiger partial charge in [0.15, 0.2) is 5.13 Å². The first kappa shape index (κ1) is 25.9. The number of carbonyl (C=O) groups excluding carboxylic acids is 1. The van der Waals surface area contributed by atoms with Gasteiger partial charge in [-0.3, -0.25) is 19.3 Å². The number of amides is 1. The van der Waals surface area contributed by atoms with Crippen molar-refractivity contribution < 1.29 is 17.9 Å². The summed E-state index contributed by atoms with van der Waals surface area (Å²) < 4.78 is 32.8. The summed E-state index contributed by atoms with van der Waals surface area (Å²) in [6.45, 7) is 2.59. The van der Waals surface area contributed by atoms with E-state index < -0.39 is 10.0 Å². The number of rotatable bonds is 8. The number of anilines is 2. The van der Waals surface area contributed by atoms with E-state index in [0.717, 1.165) is 36.6 Å². The van der Waals surface area contributed by atoms with Gasteiger partial charge in [0.1, 0.15) is 5.75 Å². The molecule has 1 amide bonds. The van der Waals surface area contributed by atoms with Gasteiger partial charge in [-0.1, -0.05) is 42.5 Å². The quantitative estimate of drug-likeness (QED) is 0.341. The minimum atomic E-state index is -3.85. The van der Waals surface area contributed by atoms with Gasteiger partial charge in [-0.15, -0.1) is 11.3 Å². The van der Waals surface area contributed by atoms with E-state index in [-0.39, 0.29) is 10.8 Å². The Morgan fingerprint density at radius 2 is 1.76 bits per heavy atom. The smallest absolute Gasteiger partial charge is 0.264 e. The molecule has 38 heavy (non-hydrogen) atoms. The molecule has 0 bridgehead atoms. The molecule has 0 spiro atoms. The number of aromatic nitrogens is 1. The Balaban J connectivity index is 1.25. The van der Waals surface area contributed by atoms with E-state index in [9.17, 15) is 13.2 Å². The number of thiazole rings is 1. The van der Waals surface area contributed by atoms with Gasteiger partial charge in [0.25, 0.3) is 15.9 Å². The van der Waals surface area contributed by atoms with E-state index in [0.29, 0.717) is 22.1 Å². The van der Waals surface area contributed by atoms with Gasteiger partial charge in [-0.05, 0) is 42.0 Å². The number of para-hydroxylation sites is 2. The van der Waals surface area contributed by atoms with Crippen molar-refractivity contribution in [3.63, 3.8) is 0 Å². The van der Waals surface area contributed by atoms with Crippen molar-refractivity contribution in [3.05, 3.63) is 101 Å². The first-order valence-corrected chi connectivity index (χ1v) is 14.4. The van der Waals surface area contributed by atoms with Crippen LogP contribution < -0.4 is 14.4 Å². The van der Waals surface area contributed by atoms with Crippen LogP contribution in [0.3, 0.4) is 0 Å². The molecule has 5 rings (SSSR count). The third kappa shape index (κ3) is 5.42. The number of nitrogens with one attached hydrogen (secondary N) is 1. The zero-order chi connectivity index (χ0) is 26.7. The van der Waals surface area contributed by atoms with Crippen LogP contribution in [-0.4, -0.2) is 44.9 Å². The van der Waals surface area contributed by atoms with Crippen LogP contribution in [-0.2, 0) is 29.5 Å². The largest absolute Gasteiger partial charge is 0.495 e.